The van der Waals surface area contributed by atoms with E-state index in [4.69, 9.17) is 4.74 Å². The molecule has 1 rings (SSSR count). The molecule has 0 aliphatic rings. The van der Waals surface area contributed by atoms with Crippen molar-refractivity contribution in [2.75, 3.05) is 18.5 Å². The van der Waals surface area contributed by atoms with Crippen molar-refractivity contribution in [3.8, 4) is 5.88 Å². The van der Waals surface area contributed by atoms with Crippen LogP contribution in [0.4, 0.5) is 5.82 Å². The molecule has 1 aromatic rings. The minimum Gasteiger partial charge on any atom is -0.477 e. The lowest BCUT2D eigenvalue weighted by Gasteiger charge is -2.13. The highest BCUT2D eigenvalue weighted by Gasteiger charge is 2.09. The minimum absolute atomic E-state index is 0.725. The first kappa shape index (κ1) is 15.7. The lowest BCUT2D eigenvalue weighted by molar-refractivity contribution is 0.290. The highest BCUT2D eigenvalue weighted by atomic mass is 16.5. The van der Waals surface area contributed by atoms with Crippen molar-refractivity contribution in [1.82, 2.24) is 9.97 Å². The molecule has 4 heteroatoms. The van der Waals surface area contributed by atoms with Gasteiger partial charge < -0.3 is 10.1 Å². The first-order valence-corrected chi connectivity index (χ1v) is 7.40. The van der Waals surface area contributed by atoms with Crippen LogP contribution in [0.15, 0.2) is 0 Å². The normalized spacial score (nSPS) is 10.5. The Labute approximate surface area is 117 Å². The Morgan fingerprint density at radius 2 is 1.79 bits per heavy atom. The summed E-state index contributed by atoms with van der Waals surface area (Å²) in [6, 6.07) is 0. The fourth-order valence-corrected chi connectivity index (χ4v) is 1.86. The summed E-state index contributed by atoms with van der Waals surface area (Å²) >= 11 is 0. The van der Waals surface area contributed by atoms with Crippen molar-refractivity contribution in [2.45, 2.75) is 59.8 Å². The molecular weight excluding hydrogens is 238 g/mol. The number of nitrogens with one attached hydrogen (secondary N) is 1. The van der Waals surface area contributed by atoms with Gasteiger partial charge in [-0.1, -0.05) is 33.1 Å². The Morgan fingerprint density at radius 3 is 2.47 bits per heavy atom. The van der Waals surface area contributed by atoms with E-state index in [0.29, 0.717) is 0 Å². The zero-order valence-corrected chi connectivity index (χ0v) is 12.8. The van der Waals surface area contributed by atoms with E-state index in [1.807, 2.05) is 13.8 Å². The van der Waals surface area contributed by atoms with E-state index in [1.165, 1.54) is 19.3 Å². The quantitative estimate of drug-likeness (QED) is 0.688. The molecule has 19 heavy (non-hydrogen) atoms. The van der Waals surface area contributed by atoms with Crippen LogP contribution < -0.4 is 10.1 Å². The molecule has 0 aromatic carbocycles. The third-order valence-corrected chi connectivity index (χ3v) is 2.99. The number of nitrogens with zero attached hydrogens (tertiary/aromatic N) is 2. The molecule has 1 N–H and O–H groups in total. The average Bonchev–Trinajstić information content (AvgIpc) is 2.40. The Balaban J connectivity index is 2.58. The van der Waals surface area contributed by atoms with Gasteiger partial charge in [-0.15, -0.1) is 0 Å². The summed E-state index contributed by atoms with van der Waals surface area (Å²) < 4.78 is 5.79. The van der Waals surface area contributed by atoms with E-state index < -0.39 is 0 Å². The second kappa shape index (κ2) is 8.73. The second-order valence-corrected chi connectivity index (χ2v) is 4.89. The summed E-state index contributed by atoms with van der Waals surface area (Å²) in [6.07, 6.45) is 5.91. The smallest absolute Gasteiger partial charge is 0.221 e. The van der Waals surface area contributed by atoms with Gasteiger partial charge in [0.05, 0.1) is 12.2 Å². The first-order chi connectivity index (χ1) is 9.19. The maximum Gasteiger partial charge on any atom is 0.221 e. The van der Waals surface area contributed by atoms with Gasteiger partial charge >= 0.3 is 0 Å². The summed E-state index contributed by atoms with van der Waals surface area (Å²) in [5.41, 5.74) is 1.01. The van der Waals surface area contributed by atoms with Crippen LogP contribution in [-0.4, -0.2) is 23.1 Å². The highest BCUT2D eigenvalue weighted by Crippen LogP contribution is 2.22. The number of hydrogen-bond acceptors (Lipinski definition) is 4. The Bertz CT molecular complexity index is 380. The number of hydrogen-bond donors (Lipinski definition) is 1. The van der Waals surface area contributed by atoms with Crippen molar-refractivity contribution < 1.29 is 4.74 Å². The summed E-state index contributed by atoms with van der Waals surface area (Å²) in [4.78, 5) is 8.81. The van der Waals surface area contributed by atoms with Gasteiger partial charge in [0, 0.05) is 6.54 Å². The first-order valence-electron chi connectivity index (χ1n) is 7.40. The van der Waals surface area contributed by atoms with Gasteiger partial charge in [0.1, 0.15) is 11.6 Å². The molecule has 0 saturated carbocycles. The van der Waals surface area contributed by atoms with Crippen molar-refractivity contribution in [3.63, 3.8) is 0 Å². The van der Waals surface area contributed by atoms with Crippen LogP contribution in [0.5, 0.6) is 5.88 Å². The topological polar surface area (TPSA) is 47.0 Å². The molecule has 4 nitrogen and oxygen atoms in total. The molecule has 108 valence electrons. The Morgan fingerprint density at radius 1 is 1.00 bits per heavy atom. The standard InChI is InChI=1S/C15H27N3O/c1-5-7-8-9-11-19-15-12(3)14(16-10-6-2)17-13(4)18-15/h5-11H2,1-4H3,(H,16,17,18). The third kappa shape index (κ3) is 5.45. The lowest BCUT2D eigenvalue weighted by atomic mass is 10.2. The largest absolute Gasteiger partial charge is 0.477 e. The minimum atomic E-state index is 0.725. The van der Waals surface area contributed by atoms with E-state index >= 15 is 0 Å². The maximum absolute atomic E-state index is 5.79. The van der Waals surface area contributed by atoms with Crippen molar-refractivity contribution in [1.29, 1.82) is 0 Å². The highest BCUT2D eigenvalue weighted by molar-refractivity contribution is 5.48. The number of rotatable bonds is 9. The summed E-state index contributed by atoms with van der Waals surface area (Å²) in [7, 11) is 0. The molecule has 0 unspecified atom stereocenters. The van der Waals surface area contributed by atoms with Crippen LogP contribution in [0.3, 0.4) is 0 Å². The van der Waals surface area contributed by atoms with Crippen molar-refractivity contribution >= 4 is 5.82 Å². The zero-order chi connectivity index (χ0) is 14.1. The molecular formula is C15H27N3O. The van der Waals surface area contributed by atoms with Gasteiger partial charge in [-0.2, -0.15) is 4.98 Å². The van der Waals surface area contributed by atoms with E-state index in [2.05, 4.69) is 29.1 Å². The van der Waals surface area contributed by atoms with Crippen LogP contribution in [-0.2, 0) is 0 Å². The monoisotopic (exact) mass is 265 g/mol. The fraction of sp³-hybridized carbons (Fsp3) is 0.733. The fourth-order valence-electron chi connectivity index (χ4n) is 1.86. The zero-order valence-electron chi connectivity index (χ0n) is 12.8. The SMILES string of the molecule is CCCCCCOc1nc(C)nc(NCCC)c1C. The van der Waals surface area contributed by atoms with Gasteiger partial charge in [0.25, 0.3) is 0 Å². The predicted octanol–water partition coefficient (Wildman–Crippen LogP) is 3.87. The molecule has 1 heterocycles. The lowest BCUT2D eigenvalue weighted by Crippen LogP contribution is -2.09. The number of unbranched alkanes of at least 4 members (excludes halogenated alkanes) is 3. The molecule has 0 saturated heterocycles. The van der Waals surface area contributed by atoms with E-state index in [9.17, 15) is 0 Å². The molecule has 0 amide bonds. The van der Waals surface area contributed by atoms with E-state index in [1.54, 1.807) is 0 Å². The maximum atomic E-state index is 5.79. The predicted molar refractivity (Wildman–Crippen MR) is 79.9 cm³/mol. The molecule has 0 aliphatic heterocycles. The summed E-state index contributed by atoms with van der Waals surface area (Å²) in [5, 5.41) is 3.32. The number of ether oxygens (including phenoxy) is 1. The number of aromatic nitrogens is 2. The molecule has 1 aromatic heterocycles. The summed E-state index contributed by atoms with van der Waals surface area (Å²) in [6.45, 7) is 9.93. The molecule has 0 spiro atoms. The van der Waals surface area contributed by atoms with Gasteiger partial charge in [-0.05, 0) is 26.7 Å². The van der Waals surface area contributed by atoms with Crippen molar-refractivity contribution in [3.05, 3.63) is 11.4 Å². The Kier molecular flexibility index (Phi) is 7.23. The van der Waals surface area contributed by atoms with Gasteiger partial charge in [-0.3, -0.25) is 0 Å². The molecule has 0 atom stereocenters. The van der Waals surface area contributed by atoms with Crippen LogP contribution in [0.2, 0.25) is 0 Å². The van der Waals surface area contributed by atoms with Gasteiger partial charge in [0.15, 0.2) is 0 Å². The molecule has 0 aliphatic carbocycles. The van der Waals surface area contributed by atoms with Crippen LogP contribution in [0.25, 0.3) is 0 Å². The third-order valence-electron chi connectivity index (χ3n) is 2.99. The van der Waals surface area contributed by atoms with E-state index in [0.717, 1.165) is 49.1 Å². The number of aryl methyl sites for hydroxylation is 1. The van der Waals surface area contributed by atoms with Gasteiger partial charge in [0.2, 0.25) is 5.88 Å². The van der Waals surface area contributed by atoms with Crippen LogP contribution in [0.1, 0.15) is 57.3 Å². The second-order valence-electron chi connectivity index (χ2n) is 4.89. The number of anilines is 1. The Hall–Kier alpha value is -1.32. The summed E-state index contributed by atoms with van der Waals surface area (Å²) in [5.74, 6) is 2.38. The van der Waals surface area contributed by atoms with E-state index in [-0.39, 0.29) is 0 Å². The average molecular weight is 265 g/mol. The van der Waals surface area contributed by atoms with Crippen LogP contribution >= 0.6 is 0 Å². The van der Waals surface area contributed by atoms with Gasteiger partial charge in [-0.25, -0.2) is 4.98 Å². The van der Waals surface area contributed by atoms with Crippen LogP contribution in [0, 0.1) is 13.8 Å². The molecule has 0 radical (unpaired) electrons. The van der Waals surface area contributed by atoms with Crippen molar-refractivity contribution in [2.24, 2.45) is 0 Å². The molecule has 0 fully saturated rings. The molecule has 0 bridgehead atoms.